The average Bonchev–Trinajstić information content (AvgIpc) is 2.84. The fourth-order valence-corrected chi connectivity index (χ4v) is 6.87. The molecular weight excluding hydrogens is 288 g/mol. The monoisotopic (exact) mass is 332 g/mol. The zero-order valence-corrected chi connectivity index (χ0v) is 17.7. The predicted octanol–water partition coefficient (Wildman–Crippen LogP) is 7.57. The Morgan fingerprint density at radius 1 is 0.542 bits per heavy atom. The normalized spacial score (nSPS) is 44.4. The molecule has 0 nitrogen and oxygen atoms in total. The fraction of sp³-hybridized carbons (Fsp3) is 1.00. The van der Waals surface area contributed by atoms with Crippen molar-refractivity contribution in [2.45, 2.75) is 99.8 Å². The lowest BCUT2D eigenvalue weighted by molar-refractivity contribution is 0.0107. The predicted molar refractivity (Wildman–Crippen MR) is 106 cm³/mol. The lowest BCUT2D eigenvalue weighted by atomic mass is 9.57. The van der Waals surface area contributed by atoms with E-state index in [-0.39, 0.29) is 0 Å². The van der Waals surface area contributed by atoms with Crippen molar-refractivity contribution < 1.29 is 0 Å². The summed E-state index contributed by atoms with van der Waals surface area (Å²) in [4.78, 5) is 0. The van der Waals surface area contributed by atoms with Crippen molar-refractivity contribution in [2.24, 2.45) is 52.3 Å². The van der Waals surface area contributed by atoms with Crippen LogP contribution in [0.5, 0.6) is 0 Å². The summed E-state index contributed by atoms with van der Waals surface area (Å²) in [5.74, 6) is 7.17. The quantitative estimate of drug-likeness (QED) is 0.464. The largest absolute Gasteiger partial charge is 0.0625 e. The van der Waals surface area contributed by atoms with Gasteiger partial charge in [0.15, 0.2) is 0 Å². The molecule has 0 spiro atoms. The molecule has 3 aliphatic carbocycles. The molecule has 0 N–H and O–H groups in total. The van der Waals surface area contributed by atoms with Gasteiger partial charge < -0.3 is 0 Å². The van der Waals surface area contributed by atoms with E-state index in [9.17, 15) is 0 Å². The van der Waals surface area contributed by atoms with E-state index in [4.69, 9.17) is 0 Å². The summed E-state index contributed by atoms with van der Waals surface area (Å²) in [7, 11) is 0. The van der Waals surface area contributed by atoms with Crippen LogP contribution in [0.1, 0.15) is 99.8 Å². The SMILES string of the molecule is CC1CC2CC(C(C)(C)C)C[C@H](C3CCC(C(C)(C)C)CC3)C2C1. The van der Waals surface area contributed by atoms with E-state index in [0.717, 1.165) is 41.4 Å². The summed E-state index contributed by atoms with van der Waals surface area (Å²) < 4.78 is 0. The van der Waals surface area contributed by atoms with Crippen LogP contribution in [0.2, 0.25) is 0 Å². The Balaban J connectivity index is 1.71. The molecule has 0 aromatic carbocycles. The molecule has 24 heavy (non-hydrogen) atoms. The van der Waals surface area contributed by atoms with Crippen molar-refractivity contribution in [2.75, 3.05) is 0 Å². The van der Waals surface area contributed by atoms with Gasteiger partial charge in [0.1, 0.15) is 0 Å². The Morgan fingerprint density at radius 3 is 1.62 bits per heavy atom. The highest BCUT2D eigenvalue weighted by Gasteiger charge is 2.48. The molecule has 0 heteroatoms. The second kappa shape index (κ2) is 6.62. The van der Waals surface area contributed by atoms with Gasteiger partial charge in [-0.05, 0) is 104 Å². The molecule has 5 atom stereocenters. The van der Waals surface area contributed by atoms with Crippen LogP contribution in [0.4, 0.5) is 0 Å². The first-order chi connectivity index (χ1) is 11.1. The number of hydrogen-bond acceptors (Lipinski definition) is 0. The fourth-order valence-electron chi connectivity index (χ4n) is 6.87. The first kappa shape index (κ1) is 18.8. The third kappa shape index (κ3) is 3.88. The van der Waals surface area contributed by atoms with Gasteiger partial charge in [-0.2, -0.15) is 0 Å². The molecule has 3 rings (SSSR count). The minimum absolute atomic E-state index is 0.512. The summed E-state index contributed by atoms with van der Waals surface area (Å²) in [6, 6.07) is 0. The van der Waals surface area contributed by atoms with Crippen molar-refractivity contribution in [1.82, 2.24) is 0 Å². The molecule has 0 bridgehead atoms. The number of rotatable bonds is 1. The van der Waals surface area contributed by atoms with E-state index in [2.05, 4.69) is 48.5 Å². The average molecular weight is 333 g/mol. The van der Waals surface area contributed by atoms with Gasteiger partial charge in [0.2, 0.25) is 0 Å². The summed E-state index contributed by atoms with van der Waals surface area (Å²) >= 11 is 0. The summed E-state index contributed by atoms with van der Waals surface area (Å²) in [6.45, 7) is 17.4. The Hall–Kier alpha value is 0. The topological polar surface area (TPSA) is 0 Å². The first-order valence-corrected chi connectivity index (χ1v) is 11.1. The van der Waals surface area contributed by atoms with Crippen LogP contribution < -0.4 is 0 Å². The highest BCUT2D eigenvalue weighted by molar-refractivity contribution is 4.98. The van der Waals surface area contributed by atoms with Gasteiger partial charge in [-0.15, -0.1) is 0 Å². The van der Waals surface area contributed by atoms with Gasteiger partial charge in [0, 0.05) is 0 Å². The lowest BCUT2D eigenvalue weighted by Gasteiger charge is -2.49. The molecule has 3 fully saturated rings. The molecule has 0 amide bonds. The van der Waals surface area contributed by atoms with Gasteiger partial charge in [0.25, 0.3) is 0 Å². The number of fused-ring (bicyclic) bond motifs is 1. The van der Waals surface area contributed by atoms with Crippen LogP contribution in [0, 0.1) is 52.3 Å². The third-order valence-electron chi connectivity index (χ3n) is 8.51. The number of hydrogen-bond donors (Lipinski definition) is 0. The van der Waals surface area contributed by atoms with Crippen molar-refractivity contribution in [1.29, 1.82) is 0 Å². The van der Waals surface area contributed by atoms with Crippen LogP contribution in [-0.4, -0.2) is 0 Å². The molecule has 0 radical (unpaired) electrons. The Morgan fingerprint density at radius 2 is 1.08 bits per heavy atom. The summed E-state index contributed by atoms with van der Waals surface area (Å²) in [5, 5.41) is 0. The molecule has 0 aliphatic heterocycles. The highest BCUT2D eigenvalue weighted by atomic mass is 14.5. The maximum absolute atomic E-state index is 2.53. The smallest absolute Gasteiger partial charge is 0.0352 e. The Labute approximate surface area is 152 Å². The van der Waals surface area contributed by atoms with E-state index in [1.807, 2.05) is 0 Å². The van der Waals surface area contributed by atoms with E-state index in [1.165, 1.54) is 38.5 Å². The van der Waals surface area contributed by atoms with Crippen LogP contribution >= 0.6 is 0 Å². The van der Waals surface area contributed by atoms with Gasteiger partial charge >= 0.3 is 0 Å². The van der Waals surface area contributed by atoms with Crippen LogP contribution in [-0.2, 0) is 0 Å². The van der Waals surface area contributed by atoms with Crippen LogP contribution in [0.15, 0.2) is 0 Å². The standard InChI is InChI=1S/C24H44/c1-16-12-18-14-20(24(5,6)7)15-22(21(18)13-16)17-8-10-19(11-9-17)23(2,3)4/h16-22H,8-15H2,1-7H3/t16?,17?,18?,19?,20?,21?,22-/m1/s1. The van der Waals surface area contributed by atoms with Crippen LogP contribution in [0.25, 0.3) is 0 Å². The highest BCUT2D eigenvalue weighted by Crippen LogP contribution is 2.57. The van der Waals surface area contributed by atoms with Crippen molar-refractivity contribution in [3.63, 3.8) is 0 Å². The lowest BCUT2D eigenvalue weighted by Crippen LogP contribution is -2.40. The molecule has 0 heterocycles. The molecule has 140 valence electrons. The second-order valence-electron chi connectivity index (χ2n) is 12.2. The first-order valence-electron chi connectivity index (χ1n) is 11.1. The van der Waals surface area contributed by atoms with Crippen molar-refractivity contribution in [3.05, 3.63) is 0 Å². The molecule has 0 aromatic heterocycles. The minimum Gasteiger partial charge on any atom is -0.0625 e. The zero-order valence-electron chi connectivity index (χ0n) is 17.7. The minimum atomic E-state index is 0.512. The molecule has 4 unspecified atom stereocenters. The van der Waals surface area contributed by atoms with E-state index >= 15 is 0 Å². The van der Waals surface area contributed by atoms with Gasteiger partial charge in [0.05, 0.1) is 0 Å². The van der Waals surface area contributed by atoms with Crippen LogP contribution in [0.3, 0.4) is 0 Å². The Kier molecular flexibility index (Phi) is 5.18. The van der Waals surface area contributed by atoms with Gasteiger partial charge in [-0.25, -0.2) is 0 Å². The van der Waals surface area contributed by atoms with E-state index in [0.29, 0.717) is 10.8 Å². The molecule has 0 aromatic rings. The van der Waals surface area contributed by atoms with E-state index < -0.39 is 0 Å². The van der Waals surface area contributed by atoms with E-state index in [1.54, 1.807) is 12.8 Å². The third-order valence-corrected chi connectivity index (χ3v) is 8.51. The molecule has 3 aliphatic rings. The zero-order chi connectivity index (χ0) is 17.7. The maximum atomic E-state index is 2.53. The summed E-state index contributed by atoms with van der Waals surface area (Å²) in [6.07, 6.45) is 12.2. The maximum Gasteiger partial charge on any atom is -0.0352 e. The van der Waals surface area contributed by atoms with Crippen molar-refractivity contribution >= 4 is 0 Å². The summed E-state index contributed by atoms with van der Waals surface area (Å²) in [5.41, 5.74) is 1.04. The van der Waals surface area contributed by atoms with Gasteiger partial charge in [-0.1, -0.05) is 48.5 Å². The molecule has 3 saturated carbocycles. The second-order valence-corrected chi connectivity index (χ2v) is 12.2. The molecule has 0 saturated heterocycles. The Bertz CT molecular complexity index is 412. The molecular formula is C24H44. The van der Waals surface area contributed by atoms with Gasteiger partial charge in [-0.3, -0.25) is 0 Å². The van der Waals surface area contributed by atoms with Crippen molar-refractivity contribution in [3.8, 4) is 0 Å².